The third-order valence-electron chi connectivity index (χ3n) is 7.07. The first-order valence-corrected chi connectivity index (χ1v) is 12.7. The number of piperidine rings is 1. The van der Waals surface area contributed by atoms with Crippen LogP contribution in [0.2, 0.25) is 0 Å². The molecule has 3 amide bonds. The number of rotatable bonds is 6. The summed E-state index contributed by atoms with van der Waals surface area (Å²) in [5, 5.41) is 5.29. The van der Waals surface area contributed by atoms with Crippen LogP contribution < -0.4 is 15.4 Å². The number of nitrogens with zero attached hydrogens (tertiary/aromatic N) is 1. The van der Waals surface area contributed by atoms with E-state index in [4.69, 9.17) is 4.74 Å². The van der Waals surface area contributed by atoms with E-state index in [9.17, 15) is 27.6 Å². The maximum Gasteiger partial charge on any atom is 0.258 e. The average Bonchev–Trinajstić information content (AvgIpc) is 3.33. The maximum absolute atomic E-state index is 14.6. The van der Waals surface area contributed by atoms with Gasteiger partial charge in [0.25, 0.3) is 11.8 Å². The number of para-hydroxylation sites is 1. The SMILES string of the molecule is CCOc1c(F)c(F)cc(C(=O)Nc2ccc(C3CCN(C(=O)c4cccc5c4NC(=O)C5)CC3)cc2)c1F. The molecule has 2 heterocycles. The van der Waals surface area contributed by atoms with Gasteiger partial charge in [0.15, 0.2) is 17.4 Å². The van der Waals surface area contributed by atoms with E-state index in [-0.39, 0.29) is 30.8 Å². The van der Waals surface area contributed by atoms with Crippen molar-refractivity contribution in [3.05, 3.63) is 88.2 Å². The minimum atomic E-state index is -1.48. The highest BCUT2D eigenvalue weighted by Gasteiger charge is 2.29. The molecule has 3 aromatic rings. The largest absolute Gasteiger partial charge is 0.488 e. The number of nitrogens with one attached hydrogen (secondary N) is 2. The zero-order chi connectivity index (χ0) is 27.7. The van der Waals surface area contributed by atoms with Crippen LogP contribution in [0.25, 0.3) is 0 Å². The van der Waals surface area contributed by atoms with Crippen molar-refractivity contribution in [2.24, 2.45) is 0 Å². The molecule has 0 bridgehead atoms. The Morgan fingerprint density at radius 1 is 1.03 bits per heavy atom. The summed E-state index contributed by atoms with van der Waals surface area (Å²) in [7, 11) is 0. The molecule has 0 spiro atoms. The van der Waals surface area contributed by atoms with Crippen LogP contribution in [0.1, 0.15) is 57.5 Å². The van der Waals surface area contributed by atoms with Crippen molar-refractivity contribution in [2.45, 2.75) is 32.1 Å². The van der Waals surface area contributed by atoms with Crippen LogP contribution in [-0.4, -0.2) is 42.3 Å². The Morgan fingerprint density at radius 2 is 1.74 bits per heavy atom. The average molecular weight is 538 g/mol. The van der Waals surface area contributed by atoms with Crippen LogP contribution in [0.3, 0.4) is 0 Å². The molecule has 0 radical (unpaired) electrons. The molecule has 5 rings (SSSR count). The second-order valence-electron chi connectivity index (χ2n) is 9.50. The Hall–Kier alpha value is -4.34. The Morgan fingerprint density at radius 3 is 2.44 bits per heavy atom. The second-order valence-corrected chi connectivity index (χ2v) is 9.50. The smallest absolute Gasteiger partial charge is 0.258 e. The predicted octanol–water partition coefficient (Wildman–Crippen LogP) is 5.27. The first kappa shape index (κ1) is 26.3. The lowest BCUT2D eigenvalue weighted by atomic mass is 9.89. The summed E-state index contributed by atoms with van der Waals surface area (Å²) in [6.07, 6.45) is 1.75. The van der Waals surface area contributed by atoms with Crippen molar-refractivity contribution >= 4 is 29.1 Å². The molecular weight excluding hydrogens is 511 g/mol. The van der Waals surface area contributed by atoms with E-state index in [0.29, 0.717) is 36.1 Å². The maximum atomic E-state index is 14.6. The molecule has 1 saturated heterocycles. The highest BCUT2D eigenvalue weighted by atomic mass is 19.2. The number of anilines is 2. The van der Waals surface area contributed by atoms with Gasteiger partial charge < -0.3 is 20.3 Å². The van der Waals surface area contributed by atoms with Gasteiger partial charge in [-0.25, -0.2) is 8.78 Å². The standard InChI is InChI=1S/C29H26F3N3O4/c1-2-39-27-24(31)21(15-22(30)25(27)32)28(37)33-19-8-6-16(7-9-19)17-10-12-35(13-11-17)29(38)20-5-3-4-18-14-23(36)34-26(18)20/h3-9,15,17H,2,10-14H2,1H3,(H,33,37)(H,34,36). The van der Waals surface area contributed by atoms with Gasteiger partial charge >= 0.3 is 0 Å². The van der Waals surface area contributed by atoms with Gasteiger partial charge in [0.2, 0.25) is 11.7 Å². The first-order chi connectivity index (χ1) is 18.8. The summed E-state index contributed by atoms with van der Waals surface area (Å²) in [5.74, 6) is -6.03. The number of hydrogen-bond acceptors (Lipinski definition) is 4. The minimum Gasteiger partial charge on any atom is -0.488 e. The molecule has 3 aromatic carbocycles. The Balaban J connectivity index is 1.21. The van der Waals surface area contributed by atoms with E-state index in [2.05, 4.69) is 10.6 Å². The van der Waals surface area contributed by atoms with Gasteiger partial charge in [-0.1, -0.05) is 24.3 Å². The third-order valence-corrected chi connectivity index (χ3v) is 7.07. The fraction of sp³-hybridized carbons (Fsp3) is 0.276. The highest BCUT2D eigenvalue weighted by molar-refractivity contribution is 6.08. The summed E-state index contributed by atoms with van der Waals surface area (Å²) in [5.41, 5.74) is 2.65. The lowest BCUT2D eigenvalue weighted by Crippen LogP contribution is -2.38. The molecule has 1 fully saturated rings. The second kappa shape index (κ2) is 10.8. The quantitative estimate of drug-likeness (QED) is 0.420. The van der Waals surface area contributed by atoms with E-state index >= 15 is 0 Å². The van der Waals surface area contributed by atoms with Crippen LogP contribution in [0.4, 0.5) is 24.5 Å². The van der Waals surface area contributed by atoms with Crippen LogP contribution in [-0.2, 0) is 11.2 Å². The van der Waals surface area contributed by atoms with Crippen molar-refractivity contribution < 1.29 is 32.3 Å². The molecule has 0 aromatic heterocycles. The number of likely N-dealkylation sites (tertiary alicyclic amines) is 1. The number of hydrogen-bond donors (Lipinski definition) is 2. The van der Waals surface area contributed by atoms with Gasteiger partial charge in [-0.05, 0) is 61.1 Å². The van der Waals surface area contributed by atoms with Gasteiger partial charge in [0.05, 0.1) is 29.8 Å². The van der Waals surface area contributed by atoms with Crippen LogP contribution in [0.15, 0.2) is 48.5 Å². The number of carbonyl (C=O) groups excluding carboxylic acids is 3. The van der Waals surface area contributed by atoms with E-state index in [0.717, 1.165) is 24.0 Å². The molecule has 202 valence electrons. The highest BCUT2D eigenvalue weighted by Crippen LogP contribution is 2.33. The summed E-state index contributed by atoms with van der Waals surface area (Å²) in [6, 6.07) is 12.9. The summed E-state index contributed by atoms with van der Waals surface area (Å²) >= 11 is 0. The Bertz CT molecular complexity index is 1450. The topological polar surface area (TPSA) is 87.7 Å². The van der Waals surface area contributed by atoms with E-state index in [1.165, 1.54) is 6.92 Å². The Kier molecular flexibility index (Phi) is 7.28. The molecule has 10 heteroatoms. The van der Waals surface area contributed by atoms with Gasteiger partial charge in [0, 0.05) is 18.8 Å². The molecule has 39 heavy (non-hydrogen) atoms. The van der Waals surface area contributed by atoms with Crippen molar-refractivity contribution in [1.29, 1.82) is 0 Å². The molecular formula is C29H26F3N3O4. The molecule has 2 aliphatic heterocycles. The minimum absolute atomic E-state index is 0.0979. The lowest BCUT2D eigenvalue weighted by Gasteiger charge is -2.32. The van der Waals surface area contributed by atoms with Gasteiger partial charge in [-0.2, -0.15) is 4.39 Å². The van der Waals surface area contributed by atoms with Crippen LogP contribution in [0, 0.1) is 17.5 Å². The number of fused-ring (bicyclic) bond motifs is 1. The fourth-order valence-corrected chi connectivity index (χ4v) is 5.07. The van der Waals surface area contributed by atoms with Crippen LogP contribution in [0.5, 0.6) is 5.75 Å². The fourth-order valence-electron chi connectivity index (χ4n) is 5.07. The van der Waals surface area contributed by atoms with Gasteiger partial charge in [-0.3, -0.25) is 14.4 Å². The van der Waals surface area contributed by atoms with Crippen molar-refractivity contribution in [1.82, 2.24) is 4.90 Å². The van der Waals surface area contributed by atoms with Gasteiger partial charge in [-0.15, -0.1) is 0 Å². The van der Waals surface area contributed by atoms with Crippen molar-refractivity contribution in [3.8, 4) is 5.75 Å². The molecule has 0 atom stereocenters. The molecule has 2 N–H and O–H groups in total. The number of benzene rings is 3. The van der Waals surface area contributed by atoms with E-state index in [1.807, 2.05) is 18.2 Å². The van der Waals surface area contributed by atoms with Crippen molar-refractivity contribution in [3.63, 3.8) is 0 Å². The third kappa shape index (κ3) is 5.19. The lowest BCUT2D eigenvalue weighted by molar-refractivity contribution is -0.115. The predicted molar refractivity (Wildman–Crippen MR) is 139 cm³/mol. The molecule has 0 saturated carbocycles. The monoisotopic (exact) mass is 537 g/mol. The van der Waals surface area contributed by atoms with Crippen molar-refractivity contribution in [2.75, 3.05) is 30.3 Å². The zero-order valence-electron chi connectivity index (χ0n) is 21.2. The summed E-state index contributed by atoms with van der Waals surface area (Å²) in [6.45, 7) is 2.50. The molecule has 2 aliphatic rings. The number of halogens is 3. The number of amides is 3. The number of carbonyl (C=O) groups is 3. The summed E-state index contributed by atoms with van der Waals surface area (Å²) < 4.78 is 47.2. The van der Waals surface area contributed by atoms with E-state index < -0.39 is 34.7 Å². The number of ether oxygens (including phenoxy) is 1. The molecule has 0 unspecified atom stereocenters. The van der Waals surface area contributed by atoms with Gasteiger partial charge in [0.1, 0.15) is 0 Å². The molecule has 7 nitrogen and oxygen atoms in total. The Labute approximate surface area is 223 Å². The summed E-state index contributed by atoms with van der Waals surface area (Å²) in [4.78, 5) is 39.3. The van der Waals surface area contributed by atoms with Crippen LogP contribution >= 0.6 is 0 Å². The first-order valence-electron chi connectivity index (χ1n) is 12.7. The van der Waals surface area contributed by atoms with E-state index in [1.54, 1.807) is 29.2 Å². The molecule has 0 aliphatic carbocycles. The zero-order valence-corrected chi connectivity index (χ0v) is 21.2. The normalized spacial score (nSPS) is 15.1.